The molecule has 9 heteroatoms. The number of alkyl halides is 3. The van der Waals surface area contributed by atoms with Crippen LogP contribution in [0.15, 0.2) is 60.7 Å². The minimum absolute atomic E-state index is 0.0234. The van der Waals surface area contributed by atoms with Gasteiger partial charge in [-0.15, -0.1) is 0 Å². The largest absolute Gasteiger partial charge is 0.494 e. The summed E-state index contributed by atoms with van der Waals surface area (Å²) in [6.45, 7) is 0.399. The highest BCUT2D eigenvalue weighted by molar-refractivity contribution is 5.89. The van der Waals surface area contributed by atoms with Crippen molar-refractivity contribution < 1.29 is 40.2 Å². The van der Waals surface area contributed by atoms with Gasteiger partial charge in [-0.3, -0.25) is 0 Å². The van der Waals surface area contributed by atoms with Gasteiger partial charge in [0.1, 0.15) is 23.2 Å². The molecule has 0 fully saturated rings. The second-order valence-corrected chi connectivity index (χ2v) is 7.61. The maximum Gasteiger partial charge on any atom is 0.422 e. The Morgan fingerprint density at radius 3 is 2.06 bits per heavy atom. The SMILES string of the molecule is CCOc1ccc(-c2cc(F)c(-c3ccc4c(F)c(OCC(F)(F)F)ccc4c3)c(F)c2)c(F)c1. The van der Waals surface area contributed by atoms with Crippen molar-refractivity contribution in [2.45, 2.75) is 13.1 Å². The van der Waals surface area contributed by atoms with E-state index in [4.69, 9.17) is 4.74 Å². The van der Waals surface area contributed by atoms with Crippen molar-refractivity contribution >= 4 is 10.8 Å². The molecule has 0 N–H and O–H groups in total. The minimum Gasteiger partial charge on any atom is -0.494 e. The van der Waals surface area contributed by atoms with Gasteiger partial charge < -0.3 is 9.47 Å². The van der Waals surface area contributed by atoms with E-state index >= 15 is 0 Å². The molecular formula is C26H17F7O2. The van der Waals surface area contributed by atoms with E-state index in [0.29, 0.717) is 6.61 Å². The van der Waals surface area contributed by atoms with Crippen LogP contribution in [0.25, 0.3) is 33.0 Å². The van der Waals surface area contributed by atoms with Gasteiger partial charge in [0.2, 0.25) is 0 Å². The molecular weight excluding hydrogens is 477 g/mol. The predicted molar refractivity (Wildman–Crippen MR) is 117 cm³/mol. The molecule has 0 aliphatic heterocycles. The lowest BCUT2D eigenvalue weighted by molar-refractivity contribution is -0.153. The molecule has 2 nitrogen and oxygen atoms in total. The molecule has 0 bridgehead atoms. The molecule has 0 saturated heterocycles. The van der Waals surface area contributed by atoms with Gasteiger partial charge in [-0.1, -0.05) is 18.2 Å². The van der Waals surface area contributed by atoms with Crippen LogP contribution in [0.4, 0.5) is 30.7 Å². The third-order valence-electron chi connectivity index (χ3n) is 5.20. The first kappa shape index (κ1) is 24.4. The van der Waals surface area contributed by atoms with Crippen LogP contribution in [0.2, 0.25) is 0 Å². The smallest absolute Gasteiger partial charge is 0.422 e. The molecule has 0 spiro atoms. The first-order valence-corrected chi connectivity index (χ1v) is 10.4. The Hall–Kier alpha value is -3.75. The lowest BCUT2D eigenvalue weighted by atomic mass is 9.96. The zero-order valence-corrected chi connectivity index (χ0v) is 18.1. The van der Waals surface area contributed by atoms with Crippen molar-refractivity contribution in [1.29, 1.82) is 0 Å². The van der Waals surface area contributed by atoms with E-state index in [9.17, 15) is 30.7 Å². The Bertz CT molecular complexity index is 1370. The Morgan fingerprint density at radius 1 is 0.714 bits per heavy atom. The normalized spacial score (nSPS) is 11.7. The topological polar surface area (TPSA) is 18.5 Å². The average molecular weight is 494 g/mol. The third-order valence-corrected chi connectivity index (χ3v) is 5.20. The number of fused-ring (bicyclic) bond motifs is 1. The molecule has 0 saturated carbocycles. The van der Waals surface area contributed by atoms with Gasteiger partial charge in [0, 0.05) is 17.0 Å². The van der Waals surface area contributed by atoms with Gasteiger partial charge in [0.15, 0.2) is 18.2 Å². The Morgan fingerprint density at radius 2 is 1.43 bits per heavy atom. The number of hydrogen-bond acceptors (Lipinski definition) is 2. The van der Waals surface area contributed by atoms with Crippen LogP contribution in [-0.4, -0.2) is 19.4 Å². The molecule has 35 heavy (non-hydrogen) atoms. The van der Waals surface area contributed by atoms with Crippen molar-refractivity contribution in [3.8, 4) is 33.8 Å². The van der Waals surface area contributed by atoms with Crippen LogP contribution >= 0.6 is 0 Å². The Labute approximate surface area is 195 Å². The van der Waals surface area contributed by atoms with E-state index < -0.39 is 47.4 Å². The van der Waals surface area contributed by atoms with Crippen LogP contribution < -0.4 is 9.47 Å². The summed E-state index contributed by atoms with van der Waals surface area (Å²) in [6, 6.07) is 11.9. The number of rotatable bonds is 6. The Balaban J connectivity index is 1.69. The van der Waals surface area contributed by atoms with E-state index in [1.54, 1.807) is 6.92 Å². The van der Waals surface area contributed by atoms with Crippen molar-refractivity contribution in [2.24, 2.45) is 0 Å². The zero-order valence-electron chi connectivity index (χ0n) is 18.1. The summed E-state index contributed by atoms with van der Waals surface area (Å²) in [5.74, 6) is -4.01. The summed E-state index contributed by atoms with van der Waals surface area (Å²) >= 11 is 0. The molecule has 0 aliphatic rings. The standard InChI is InChI=1S/C26H17F7O2/c1-2-34-17-5-7-18(20(27)12-17)16-10-21(28)24(22(29)11-16)15-3-6-19-14(9-15)4-8-23(25(19)30)35-13-26(31,32)33/h3-12H,2,13H2,1H3. The van der Waals surface area contributed by atoms with Crippen LogP contribution in [0, 0.1) is 23.3 Å². The first-order valence-electron chi connectivity index (χ1n) is 10.4. The number of hydrogen-bond donors (Lipinski definition) is 0. The summed E-state index contributed by atoms with van der Waals surface area (Å²) in [5, 5.41) is 0.113. The highest BCUT2D eigenvalue weighted by Gasteiger charge is 2.29. The summed E-state index contributed by atoms with van der Waals surface area (Å²) in [5.41, 5.74) is -0.401. The fraction of sp³-hybridized carbons (Fsp3) is 0.154. The Kier molecular flexibility index (Phi) is 6.60. The second kappa shape index (κ2) is 9.48. The zero-order chi connectivity index (χ0) is 25.3. The molecule has 0 radical (unpaired) electrons. The second-order valence-electron chi connectivity index (χ2n) is 7.61. The van der Waals surface area contributed by atoms with Gasteiger partial charge in [-0.25, -0.2) is 17.6 Å². The molecule has 0 unspecified atom stereocenters. The summed E-state index contributed by atoms with van der Waals surface area (Å²) in [6.07, 6.45) is -4.64. The highest BCUT2D eigenvalue weighted by atomic mass is 19.4. The van der Waals surface area contributed by atoms with E-state index in [1.807, 2.05) is 0 Å². The van der Waals surface area contributed by atoms with E-state index in [1.165, 1.54) is 36.4 Å². The molecule has 0 amide bonds. The fourth-order valence-corrected chi connectivity index (χ4v) is 3.69. The molecule has 4 aromatic carbocycles. The fourth-order valence-electron chi connectivity index (χ4n) is 3.69. The van der Waals surface area contributed by atoms with Gasteiger partial charge in [-0.2, -0.15) is 13.2 Å². The van der Waals surface area contributed by atoms with Crippen LogP contribution in [-0.2, 0) is 0 Å². The maximum atomic E-state index is 15.0. The van der Waals surface area contributed by atoms with Crippen LogP contribution in [0.5, 0.6) is 11.5 Å². The number of halogens is 7. The summed E-state index contributed by atoms with van der Waals surface area (Å²) < 4.78 is 106. The van der Waals surface area contributed by atoms with Crippen molar-refractivity contribution in [3.05, 3.63) is 83.9 Å². The highest BCUT2D eigenvalue weighted by Crippen LogP contribution is 2.36. The monoisotopic (exact) mass is 494 g/mol. The van der Waals surface area contributed by atoms with E-state index in [0.717, 1.165) is 24.3 Å². The average Bonchev–Trinajstić information content (AvgIpc) is 2.78. The molecule has 182 valence electrons. The number of benzene rings is 4. The van der Waals surface area contributed by atoms with E-state index in [2.05, 4.69) is 4.74 Å². The van der Waals surface area contributed by atoms with Gasteiger partial charge >= 0.3 is 6.18 Å². The molecule has 0 aromatic heterocycles. The quantitative estimate of drug-likeness (QED) is 0.252. The van der Waals surface area contributed by atoms with Gasteiger partial charge in [0.25, 0.3) is 0 Å². The van der Waals surface area contributed by atoms with Crippen LogP contribution in [0.3, 0.4) is 0 Å². The lowest BCUT2D eigenvalue weighted by Gasteiger charge is -2.13. The summed E-state index contributed by atoms with van der Waals surface area (Å²) in [7, 11) is 0. The number of ether oxygens (including phenoxy) is 2. The predicted octanol–water partition coefficient (Wildman–Crippen LogP) is 8.07. The molecule has 4 aromatic rings. The minimum atomic E-state index is -4.64. The van der Waals surface area contributed by atoms with Gasteiger partial charge in [-0.05, 0) is 59.8 Å². The van der Waals surface area contributed by atoms with Gasteiger partial charge in [0.05, 0.1) is 12.2 Å². The van der Waals surface area contributed by atoms with Crippen LogP contribution in [0.1, 0.15) is 6.92 Å². The molecule has 0 heterocycles. The molecule has 4 rings (SSSR count). The lowest BCUT2D eigenvalue weighted by Crippen LogP contribution is -2.19. The third kappa shape index (κ3) is 5.18. The maximum absolute atomic E-state index is 15.0. The molecule has 0 atom stereocenters. The van der Waals surface area contributed by atoms with Crippen molar-refractivity contribution in [2.75, 3.05) is 13.2 Å². The van der Waals surface area contributed by atoms with E-state index in [-0.39, 0.29) is 33.2 Å². The van der Waals surface area contributed by atoms with Crippen molar-refractivity contribution in [1.82, 2.24) is 0 Å². The first-order chi connectivity index (χ1) is 16.6. The summed E-state index contributed by atoms with van der Waals surface area (Å²) in [4.78, 5) is 0. The molecule has 0 aliphatic carbocycles. The van der Waals surface area contributed by atoms with Crippen molar-refractivity contribution in [3.63, 3.8) is 0 Å².